The second-order valence-corrected chi connectivity index (χ2v) is 4.65. The van der Waals surface area contributed by atoms with Crippen molar-refractivity contribution in [2.24, 2.45) is 0 Å². The first-order chi connectivity index (χ1) is 7.49. The van der Waals surface area contributed by atoms with E-state index >= 15 is 0 Å². The van der Waals surface area contributed by atoms with Crippen LogP contribution in [0.2, 0.25) is 0 Å². The highest BCUT2D eigenvalue weighted by atomic mass is 15.2. The predicted octanol–water partition coefficient (Wildman–Crippen LogP) is 2.23. The van der Waals surface area contributed by atoms with E-state index in [-0.39, 0.29) is 0 Å². The van der Waals surface area contributed by atoms with Crippen LogP contribution in [0.15, 0.2) is 12.4 Å². The first-order valence-electron chi connectivity index (χ1n) is 5.52. The van der Waals surface area contributed by atoms with Gasteiger partial charge in [0.1, 0.15) is 0 Å². The number of nitrogens with zero attached hydrogens (tertiary/aromatic N) is 4. The minimum atomic E-state index is 0.422. The molecular weight excluding hydrogens is 200 g/mol. The molecule has 0 bridgehead atoms. The summed E-state index contributed by atoms with van der Waals surface area (Å²) < 4.78 is 2.06. The lowest BCUT2D eigenvalue weighted by Gasteiger charge is -2.15. The van der Waals surface area contributed by atoms with E-state index in [2.05, 4.69) is 34.4 Å². The van der Waals surface area contributed by atoms with Gasteiger partial charge in [-0.15, -0.1) is 0 Å². The van der Waals surface area contributed by atoms with Crippen LogP contribution in [0.1, 0.15) is 31.2 Å². The van der Waals surface area contributed by atoms with Gasteiger partial charge in [-0.1, -0.05) is 13.8 Å². The van der Waals surface area contributed by atoms with E-state index in [0.717, 1.165) is 22.9 Å². The summed E-state index contributed by atoms with van der Waals surface area (Å²) in [4.78, 5) is 11.2. The monoisotopic (exact) mass is 218 g/mol. The first kappa shape index (κ1) is 10.9. The molecule has 0 saturated carbocycles. The highest BCUT2D eigenvalue weighted by molar-refractivity contribution is 5.64. The number of hydrogen-bond donors (Lipinski definition) is 0. The van der Waals surface area contributed by atoms with Gasteiger partial charge in [-0.05, 0) is 12.8 Å². The van der Waals surface area contributed by atoms with E-state index in [9.17, 15) is 0 Å². The molecule has 86 valence electrons. The fraction of sp³-hybridized carbons (Fsp3) is 0.500. The molecule has 4 heteroatoms. The fourth-order valence-corrected chi connectivity index (χ4v) is 1.70. The Balaban J connectivity index is 2.73. The first-order valence-corrected chi connectivity index (χ1v) is 5.52. The van der Waals surface area contributed by atoms with Gasteiger partial charge in [0.05, 0.1) is 11.4 Å². The molecule has 0 fully saturated rings. The number of anilines is 1. The number of imidazole rings is 1. The highest BCUT2D eigenvalue weighted by Gasteiger charge is 2.12. The molecule has 2 aromatic rings. The summed E-state index contributed by atoms with van der Waals surface area (Å²) in [6, 6.07) is 0. The molecule has 0 aliphatic heterocycles. The molecule has 2 rings (SSSR count). The smallest absolute Gasteiger partial charge is 0.180 e. The normalized spacial score (nSPS) is 11.4. The summed E-state index contributed by atoms with van der Waals surface area (Å²) in [6.07, 6.45) is 4.10. The molecule has 0 amide bonds. The van der Waals surface area contributed by atoms with Crippen molar-refractivity contribution in [3.8, 4) is 0 Å². The molecule has 0 N–H and O–H groups in total. The van der Waals surface area contributed by atoms with Crippen molar-refractivity contribution in [2.45, 2.75) is 26.7 Å². The summed E-state index contributed by atoms with van der Waals surface area (Å²) in [6.45, 7) is 6.30. The molecule has 0 atom stereocenters. The Morgan fingerprint density at radius 1 is 1.19 bits per heavy atom. The second kappa shape index (κ2) is 3.77. The fourth-order valence-electron chi connectivity index (χ4n) is 1.70. The molecule has 0 aliphatic carbocycles. The standard InChI is InChI=1S/C12H18N4/c1-8(2)10-7-16-6-9(3)13-12(16)11(14-10)15(4)5/h6-8H,1-5H3. The van der Waals surface area contributed by atoms with Crippen LogP contribution >= 0.6 is 0 Å². The Hall–Kier alpha value is -1.58. The average Bonchev–Trinajstić information content (AvgIpc) is 2.55. The van der Waals surface area contributed by atoms with E-state index in [1.165, 1.54) is 0 Å². The molecule has 0 spiro atoms. The molecule has 0 saturated heterocycles. The van der Waals surface area contributed by atoms with Crippen molar-refractivity contribution in [1.29, 1.82) is 0 Å². The summed E-state index contributed by atoms with van der Waals surface area (Å²) >= 11 is 0. The lowest BCUT2D eigenvalue weighted by atomic mass is 10.1. The SMILES string of the molecule is Cc1cn2cc(C(C)C)nc(N(C)C)c2n1. The van der Waals surface area contributed by atoms with Crippen LogP contribution in [0.5, 0.6) is 0 Å². The zero-order valence-electron chi connectivity index (χ0n) is 10.5. The van der Waals surface area contributed by atoms with Gasteiger partial charge in [0, 0.05) is 26.5 Å². The van der Waals surface area contributed by atoms with Gasteiger partial charge >= 0.3 is 0 Å². The van der Waals surface area contributed by atoms with Gasteiger partial charge in [-0.2, -0.15) is 0 Å². The zero-order valence-corrected chi connectivity index (χ0v) is 10.5. The maximum atomic E-state index is 4.66. The third kappa shape index (κ3) is 1.75. The lowest BCUT2D eigenvalue weighted by molar-refractivity contribution is 0.803. The Morgan fingerprint density at radius 2 is 1.88 bits per heavy atom. The number of hydrogen-bond acceptors (Lipinski definition) is 3. The van der Waals surface area contributed by atoms with Crippen LogP contribution in [0, 0.1) is 6.92 Å². The predicted molar refractivity (Wildman–Crippen MR) is 66.1 cm³/mol. The van der Waals surface area contributed by atoms with Crippen molar-refractivity contribution in [2.75, 3.05) is 19.0 Å². The van der Waals surface area contributed by atoms with E-state index in [1.54, 1.807) is 0 Å². The third-order valence-corrected chi connectivity index (χ3v) is 2.57. The molecule has 16 heavy (non-hydrogen) atoms. The Labute approximate surface area is 95.9 Å². The summed E-state index contributed by atoms with van der Waals surface area (Å²) in [7, 11) is 3.99. The van der Waals surface area contributed by atoms with Gasteiger partial charge in [0.15, 0.2) is 11.5 Å². The van der Waals surface area contributed by atoms with Crippen LogP contribution in [0.4, 0.5) is 5.82 Å². The summed E-state index contributed by atoms with van der Waals surface area (Å²) in [5.41, 5.74) is 3.03. The average molecular weight is 218 g/mol. The van der Waals surface area contributed by atoms with E-state index in [1.807, 2.05) is 32.1 Å². The van der Waals surface area contributed by atoms with Crippen molar-refractivity contribution >= 4 is 11.5 Å². The maximum Gasteiger partial charge on any atom is 0.180 e. The molecule has 4 nitrogen and oxygen atoms in total. The number of aromatic nitrogens is 3. The van der Waals surface area contributed by atoms with E-state index < -0.39 is 0 Å². The molecule has 0 radical (unpaired) electrons. The van der Waals surface area contributed by atoms with Crippen LogP contribution in [-0.2, 0) is 0 Å². The maximum absolute atomic E-state index is 4.66. The molecule has 0 aromatic carbocycles. The quantitative estimate of drug-likeness (QED) is 0.775. The highest BCUT2D eigenvalue weighted by Crippen LogP contribution is 2.21. The van der Waals surface area contributed by atoms with Gasteiger partial charge < -0.3 is 9.30 Å². The van der Waals surface area contributed by atoms with Gasteiger partial charge in [0.25, 0.3) is 0 Å². The van der Waals surface area contributed by atoms with Crippen LogP contribution in [-0.4, -0.2) is 28.5 Å². The topological polar surface area (TPSA) is 33.4 Å². The lowest BCUT2D eigenvalue weighted by Crippen LogP contribution is -2.14. The number of rotatable bonds is 2. The van der Waals surface area contributed by atoms with E-state index in [4.69, 9.17) is 0 Å². The Morgan fingerprint density at radius 3 is 2.44 bits per heavy atom. The second-order valence-electron chi connectivity index (χ2n) is 4.65. The van der Waals surface area contributed by atoms with Crippen LogP contribution in [0.25, 0.3) is 5.65 Å². The summed E-state index contributed by atoms with van der Waals surface area (Å²) in [5, 5.41) is 0. The minimum Gasteiger partial charge on any atom is -0.360 e. The van der Waals surface area contributed by atoms with E-state index in [0.29, 0.717) is 5.92 Å². The number of fused-ring (bicyclic) bond motifs is 1. The van der Waals surface area contributed by atoms with Crippen LogP contribution < -0.4 is 4.90 Å². The van der Waals surface area contributed by atoms with Crippen molar-refractivity contribution in [1.82, 2.24) is 14.4 Å². The molecule has 2 heterocycles. The van der Waals surface area contributed by atoms with Crippen molar-refractivity contribution < 1.29 is 0 Å². The Bertz CT molecular complexity index is 511. The Kier molecular flexibility index (Phi) is 2.58. The number of aryl methyl sites for hydroxylation is 1. The third-order valence-electron chi connectivity index (χ3n) is 2.57. The van der Waals surface area contributed by atoms with Gasteiger partial charge in [0.2, 0.25) is 0 Å². The molecule has 0 aliphatic rings. The van der Waals surface area contributed by atoms with Crippen LogP contribution in [0.3, 0.4) is 0 Å². The zero-order chi connectivity index (χ0) is 11.9. The minimum absolute atomic E-state index is 0.422. The summed E-state index contributed by atoms with van der Waals surface area (Å²) in [5.74, 6) is 1.35. The van der Waals surface area contributed by atoms with Gasteiger partial charge in [-0.3, -0.25) is 0 Å². The molecular formula is C12H18N4. The largest absolute Gasteiger partial charge is 0.360 e. The molecule has 2 aromatic heterocycles. The molecule has 0 unspecified atom stereocenters. The van der Waals surface area contributed by atoms with Crippen molar-refractivity contribution in [3.05, 3.63) is 23.8 Å². The van der Waals surface area contributed by atoms with Gasteiger partial charge in [-0.25, -0.2) is 9.97 Å². The van der Waals surface area contributed by atoms with Crippen molar-refractivity contribution in [3.63, 3.8) is 0 Å².